The third-order valence-electron chi connectivity index (χ3n) is 10.0. The molecule has 4 fully saturated rings. The van der Waals surface area contributed by atoms with Crippen LogP contribution in [0.3, 0.4) is 0 Å². The van der Waals surface area contributed by atoms with E-state index in [-0.39, 0.29) is 42.0 Å². The lowest BCUT2D eigenvalue weighted by atomic mass is 9.45. The van der Waals surface area contributed by atoms with Crippen LogP contribution in [0.1, 0.15) is 59.2 Å². The van der Waals surface area contributed by atoms with Crippen LogP contribution in [0.15, 0.2) is 60.7 Å². The van der Waals surface area contributed by atoms with Crippen LogP contribution < -0.4 is 19.5 Å². The fourth-order valence-corrected chi connectivity index (χ4v) is 8.23. The van der Waals surface area contributed by atoms with Crippen molar-refractivity contribution < 1.29 is 38.4 Å². The summed E-state index contributed by atoms with van der Waals surface area (Å²) in [6, 6.07) is 18.4. The molecule has 0 aromatic heterocycles. The maximum Gasteiger partial charge on any atom is 0.336 e. The van der Waals surface area contributed by atoms with Gasteiger partial charge in [0.2, 0.25) is 0 Å². The van der Waals surface area contributed by atoms with E-state index in [4.69, 9.17) is 18.9 Å². The van der Waals surface area contributed by atoms with Crippen molar-refractivity contribution >= 4 is 23.5 Å². The minimum atomic E-state index is -1.04. The van der Waals surface area contributed by atoms with Crippen molar-refractivity contribution in [3.05, 3.63) is 82.9 Å². The number of ether oxygens (including phenoxy) is 4. The molecule has 0 heterocycles. The summed E-state index contributed by atoms with van der Waals surface area (Å²) in [7, 11) is 3.18. The topological polar surface area (TPSA) is 120 Å². The zero-order chi connectivity index (χ0) is 31.7. The molecule has 236 valence electrons. The molecule has 2 atom stereocenters. The molecule has 4 saturated carbocycles. The van der Waals surface area contributed by atoms with Gasteiger partial charge >= 0.3 is 11.9 Å². The number of carbonyl (C=O) groups is 3. The molecule has 4 aliphatic carbocycles. The normalized spacial score (nSPS) is 24.5. The van der Waals surface area contributed by atoms with E-state index in [1.54, 1.807) is 33.3 Å². The number of rotatable bonds is 11. The van der Waals surface area contributed by atoms with Gasteiger partial charge in [0.15, 0.2) is 18.1 Å². The molecule has 0 radical (unpaired) electrons. The number of esters is 1. The van der Waals surface area contributed by atoms with Crippen molar-refractivity contribution in [2.75, 3.05) is 26.1 Å². The molecule has 2 unspecified atom stereocenters. The van der Waals surface area contributed by atoms with Gasteiger partial charge in [-0.25, -0.2) is 4.79 Å². The number of carboxylic acids is 1. The maximum absolute atomic E-state index is 13.4. The number of hydrogen-bond acceptors (Lipinski definition) is 7. The lowest BCUT2D eigenvalue weighted by Crippen LogP contribution is -2.55. The van der Waals surface area contributed by atoms with Crippen LogP contribution >= 0.6 is 0 Å². The fourth-order valence-electron chi connectivity index (χ4n) is 8.23. The zero-order valence-electron chi connectivity index (χ0n) is 25.8. The smallest absolute Gasteiger partial charge is 0.336 e. The highest BCUT2D eigenvalue weighted by atomic mass is 16.5. The highest BCUT2D eigenvalue weighted by Crippen LogP contribution is 2.63. The number of aromatic carboxylic acids is 1. The average molecular weight is 614 g/mol. The Morgan fingerprint density at radius 3 is 2.29 bits per heavy atom. The van der Waals surface area contributed by atoms with Gasteiger partial charge in [-0.1, -0.05) is 24.3 Å². The van der Waals surface area contributed by atoms with Gasteiger partial charge in [0.25, 0.3) is 5.91 Å². The van der Waals surface area contributed by atoms with Gasteiger partial charge in [0, 0.05) is 5.69 Å². The summed E-state index contributed by atoms with van der Waals surface area (Å²) >= 11 is 0. The summed E-state index contributed by atoms with van der Waals surface area (Å²) < 4.78 is 22.3. The molecule has 2 N–H and O–H groups in total. The molecular formula is C36H39NO8. The number of hydrogen-bond donors (Lipinski definition) is 2. The van der Waals surface area contributed by atoms with Crippen LogP contribution in [0.5, 0.6) is 17.2 Å². The Bertz CT molecular complexity index is 1580. The van der Waals surface area contributed by atoms with Crippen molar-refractivity contribution in [3.63, 3.8) is 0 Å². The van der Waals surface area contributed by atoms with Gasteiger partial charge in [-0.3, -0.25) is 9.59 Å². The number of carboxylic acid groups (broad SMARTS) is 1. The number of carbonyl (C=O) groups excluding carboxylic acids is 2. The van der Waals surface area contributed by atoms with Crippen LogP contribution in [0.2, 0.25) is 0 Å². The number of amides is 1. The monoisotopic (exact) mass is 613 g/mol. The van der Waals surface area contributed by atoms with E-state index < -0.39 is 5.97 Å². The largest absolute Gasteiger partial charge is 0.493 e. The molecule has 7 rings (SSSR count). The highest BCUT2D eigenvalue weighted by molar-refractivity contribution is 5.96. The fraction of sp³-hybridized carbons (Fsp3) is 0.417. The summed E-state index contributed by atoms with van der Waals surface area (Å²) in [5, 5.41) is 12.1. The molecule has 9 nitrogen and oxygen atoms in total. The number of methoxy groups -OCH3 is 2. The van der Waals surface area contributed by atoms with Crippen molar-refractivity contribution in [2.45, 2.75) is 51.0 Å². The van der Waals surface area contributed by atoms with E-state index >= 15 is 0 Å². The van der Waals surface area contributed by atoms with E-state index in [9.17, 15) is 19.5 Å². The summed E-state index contributed by atoms with van der Waals surface area (Å²) in [4.78, 5) is 37.4. The summed E-state index contributed by atoms with van der Waals surface area (Å²) in [6.45, 7) is 1.67. The van der Waals surface area contributed by atoms with Gasteiger partial charge < -0.3 is 29.4 Å². The van der Waals surface area contributed by atoms with Crippen LogP contribution in [-0.4, -0.2) is 43.8 Å². The first-order chi connectivity index (χ1) is 21.7. The molecule has 4 aliphatic rings. The molecule has 3 aromatic rings. The number of anilines is 1. The number of nitrogens with one attached hydrogen (secondary N) is 1. The van der Waals surface area contributed by atoms with Gasteiger partial charge in [0.1, 0.15) is 12.4 Å². The van der Waals surface area contributed by atoms with E-state index in [2.05, 4.69) is 17.4 Å². The second-order valence-corrected chi connectivity index (χ2v) is 12.7. The van der Waals surface area contributed by atoms with E-state index in [0.29, 0.717) is 46.3 Å². The quantitative estimate of drug-likeness (QED) is 0.247. The molecule has 0 spiro atoms. The second kappa shape index (κ2) is 12.5. The Morgan fingerprint density at radius 1 is 0.911 bits per heavy atom. The SMILES string of the molecule is COc1ccc(COC(=O)C2C3CC4CC2CC(c2ccc(OCC(=O)Nc5cccc(C(=O)O)c5C)cc2)(C4)C3)cc1OC. The third kappa shape index (κ3) is 6.08. The summed E-state index contributed by atoms with van der Waals surface area (Å²) in [5.41, 5.74) is 3.25. The van der Waals surface area contributed by atoms with Gasteiger partial charge in [-0.2, -0.15) is 0 Å². The summed E-state index contributed by atoms with van der Waals surface area (Å²) in [6.07, 6.45) is 5.20. The van der Waals surface area contributed by atoms with E-state index in [1.807, 2.05) is 30.3 Å². The number of benzene rings is 3. The Balaban J connectivity index is 1.06. The average Bonchev–Trinajstić information content (AvgIpc) is 3.03. The molecule has 3 aromatic carbocycles. The lowest BCUT2D eigenvalue weighted by molar-refractivity contribution is -0.165. The van der Waals surface area contributed by atoms with Crippen LogP contribution in [0, 0.1) is 30.6 Å². The van der Waals surface area contributed by atoms with Crippen LogP contribution in [-0.2, 0) is 26.3 Å². The molecular weight excluding hydrogens is 574 g/mol. The molecule has 45 heavy (non-hydrogen) atoms. The molecule has 0 aliphatic heterocycles. The molecule has 0 saturated heterocycles. The first-order valence-electron chi connectivity index (χ1n) is 15.4. The third-order valence-corrected chi connectivity index (χ3v) is 10.0. The Labute approximate surface area is 262 Å². The van der Waals surface area contributed by atoms with E-state index in [0.717, 1.165) is 37.7 Å². The summed E-state index contributed by atoms with van der Waals surface area (Å²) in [5.74, 6) is 1.48. The molecule has 1 amide bonds. The zero-order valence-corrected chi connectivity index (χ0v) is 25.8. The standard InChI is InChI=1S/C36H39NO8/c1-21-28(34(39)40)5-4-6-29(21)37-32(38)20-44-27-10-8-26(9-11-27)36-16-23-13-24(17-36)33(25(14-23)18-36)35(41)45-19-22-7-12-30(42-2)31(15-22)43-3/h4-12,15,23-25,33H,13-14,16-20H2,1-3H3,(H,37,38)(H,39,40). The molecule has 9 heteroatoms. The molecule has 4 bridgehead atoms. The minimum absolute atomic E-state index is 0.0409. The Kier molecular flexibility index (Phi) is 8.44. The predicted molar refractivity (Wildman–Crippen MR) is 167 cm³/mol. The Hall–Kier alpha value is -4.53. The Morgan fingerprint density at radius 2 is 1.62 bits per heavy atom. The second-order valence-electron chi connectivity index (χ2n) is 12.7. The maximum atomic E-state index is 13.4. The van der Waals surface area contributed by atoms with Crippen molar-refractivity contribution in [2.24, 2.45) is 23.7 Å². The predicted octanol–water partition coefficient (Wildman–Crippen LogP) is 6.17. The van der Waals surface area contributed by atoms with Crippen LogP contribution in [0.25, 0.3) is 0 Å². The lowest BCUT2D eigenvalue weighted by Gasteiger charge is -2.59. The van der Waals surface area contributed by atoms with Gasteiger partial charge in [0.05, 0.1) is 25.7 Å². The minimum Gasteiger partial charge on any atom is -0.493 e. The highest BCUT2D eigenvalue weighted by Gasteiger charge is 2.58. The van der Waals surface area contributed by atoms with Crippen molar-refractivity contribution in [1.29, 1.82) is 0 Å². The van der Waals surface area contributed by atoms with Crippen molar-refractivity contribution in [1.82, 2.24) is 0 Å². The first kappa shape index (κ1) is 30.5. The van der Waals surface area contributed by atoms with Crippen LogP contribution in [0.4, 0.5) is 5.69 Å². The first-order valence-corrected chi connectivity index (χ1v) is 15.4. The van der Waals surface area contributed by atoms with Crippen molar-refractivity contribution in [3.8, 4) is 17.2 Å². The van der Waals surface area contributed by atoms with E-state index in [1.165, 1.54) is 11.6 Å². The van der Waals surface area contributed by atoms with Gasteiger partial charge in [-0.15, -0.1) is 0 Å². The van der Waals surface area contributed by atoms with Gasteiger partial charge in [-0.05, 0) is 115 Å².